The lowest BCUT2D eigenvalue weighted by Crippen LogP contribution is -2.70. The van der Waals surface area contributed by atoms with Crippen LogP contribution in [-0.4, -0.2) is 55.2 Å². The molecular weight excluding hydrogens is 336 g/mol. The third-order valence-corrected chi connectivity index (χ3v) is 5.94. The van der Waals surface area contributed by atoms with Gasteiger partial charge >= 0.3 is 5.91 Å². The molecule has 3 rings (SSSR count). The summed E-state index contributed by atoms with van der Waals surface area (Å²) in [5.41, 5.74) is 13.0. The highest BCUT2D eigenvalue weighted by molar-refractivity contribution is 6.04. The fourth-order valence-corrected chi connectivity index (χ4v) is 4.43. The van der Waals surface area contributed by atoms with Crippen molar-refractivity contribution in [3.63, 3.8) is 0 Å². The molecule has 2 aromatic rings. The van der Waals surface area contributed by atoms with E-state index in [1.54, 1.807) is 0 Å². The number of amides is 1. The maximum atomic E-state index is 14.0. The van der Waals surface area contributed by atoms with Crippen LogP contribution in [0, 0.1) is 0 Å². The Balaban J connectivity index is 2.06. The first-order chi connectivity index (χ1) is 13.1. The van der Waals surface area contributed by atoms with E-state index in [1.807, 2.05) is 30.3 Å². The number of nitrogens with zero attached hydrogens (tertiary/aromatic N) is 1. The van der Waals surface area contributed by atoms with Gasteiger partial charge in [0.2, 0.25) is 0 Å². The number of nitrogens with one attached hydrogen (secondary N) is 1. The Hall–Kier alpha value is -1.79. The maximum absolute atomic E-state index is 14.0. The first-order valence-corrected chi connectivity index (χ1v) is 10.2. The van der Waals surface area contributed by atoms with E-state index in [4.69, 9.17) is 11.5 Å². The summed E-state index contributed by atoms with van der Waals surface area (Å²) >= 11 is 0. The standard InChI is InChI=1S/C22H33N4O/c1-2-3-9-19-15-25-12-13-26(19,16-18(24)14-23)22(27)21-11-6-8-17-7-4-5-10-20(17)21/h4-8,10-11,18-19,25H,2-3,9,12-16,23-24H2,1H3/q+1/t18?,19-,26?/m0/s1. The minimum Gasteiger partial charge on any atom is -0.329 e. The smallest absolute Gasteiger partial charge is 0.329 e. The van der Waals surface area contributed by atoms with E-state index in [1.165, 1.54) is 0 Å². The second-order valence-corrected chi connectivity index (χ2v) is 7.77. The predicted molar refractivity (Wildman–Crippen MR) is 111 cm³/mol. The van der Waals surface area contributed by atoms with Gasteiger partial charge in [-0.1, -0.05) is 49.7 Å². The van der Waals surface area contributed by atoms with Gasteiger partial charge in [0.25, 0.3) is 0 Å². The van der Waals surface area contributed by atoms with Gasteiger partial charge in [-0.05, 0) is 23.3 Å². The first kappa shape index (κ1) is 20.0. The van der Waals surface area contributed by atoms with Crippen molar-refractivity contribution in [2.24, 2.45) is 11.5 Å². The van der Waals surface area contributed by atoms with Crippen molar-refractivity contribution in [1.82, 2.24) is 5.32 Å². The topological polar surface area (TPSA) is 81.1 Å². The zero-order valence-corrected chi connectivity index (χ0v) is 16.4. The molecule has 1 aliphatic heterocycles. The number of fused-ring (bicyclic) bond motifs is 1. The van der Waals surface area contributed by atoms with Crippen molar-refractivity contribution in [1.29, 1.82) is 0 Å². The fourth-order valence-electron chi connectivity index (χ4n) is 4.43. The van der Waals surface area contributed by atoms with Crippen LogP contribution in [0.2, 0.25) is 0 Å². The molecule has 0 aromatic heterocycles. The van der Waals surface area contributed by atoms with E-state index in [0.29, 0.717) is 17.6 Å². The molecule has 0 saturated carbocycles. The van der Waals surface area contributed by atoms with E-state index in [0.717, 1.165) is 55.2 Å². The normalized spacial score (nSPS) is 24.0. The van der Waals surface area contributed by atoms with Gasteiger partial charge in [0.05, 0.1) is 18.2 Å². The number of quaternary nitrogens is 1. The molecule has 1 fully saturated rings. The Bertz CT molecular complexity index is 773. The summed E-state index contributed by atoms with van der Waals surface area (Å²) in [7, 11) is 0. The lowest BCUT2D eigenvalue weighted by atomic mass is 9.96. The van der Waals surface area contributed by atoms with Gasteiger partial charge in [-0.25, -0.2) is 4.79 Å². The molecular formula is C22H33N4O+. The summed E-state index contributed by atoms with van der Waals surface area (Å²) in [5.74, 6) is 0.193. The number of carbonyl (C=O) groups is 1. The van der Waals surface area contributed by atoms with E-state index in [2.05, 4.69) is 24.4 Å². The molecule has 5 nitrogen and oxygen atoms in total. The molecule has 1 amide bonds. The number of unbranched alkanes of at least 4 members (excludes halogenated alkanes) is 1. The quantitative estimate of drug-likeness (QED) is 0.654. The van der Waals surface area contributed by atoms with E-state index in [-0.39, 0.29) is 18.0 Å². The highest BCUT2D eigenvalue weighted by Crippen LogP contribution is 2.29. The Morgan fingerprint density at radius 2 is 2.04 bits per heavy atom. The lowest BCUT2D eigenvalue weighted by molar-refractivity contribution is -0.878. The van der Waals surface area contributed by atoms with Crippen molar-refractivity contribution in [3.8, 4) is 0 Å². The third kappa shape index (κ3) is 4.06. The summed E-state index contributed by atoms with van der Waals surface area (Å²) < 4.78 is 0.416. The Morgan fingerprint density at radius 3 is 2.81 bits per heavy atom. The zero-order chi connectivity index (χ0) is 19.3. The van der Waals surface area contributed by atoms with E-state index < -0.39 is 0 Å². The van der Waals surface area contributed by atoms with Gasteiger partial charge < -0.3 is 16.8 Å². The molecule has 3 atom stereocenters. The van der Waals surface area contributed by atoms with Gasteiger partial charge in [-0.15, -0.1) is 0 Å². The average molecular weight is 370 g/mol. The average Bonchev–Trinajstić information content (AvgIpc) is 2.72. The molecule has 1 aliphatic rings. The molecule has 0 bridgehead atoms. The summed E-state index contributed by atoms with van der Waals surface area (Å²) in [6, 6.07) is 14.2. The molecule has 1 saturated heterocycles. The first-order valence-electron chi connectivity index (χ1n) is 10.2. The van der Waals surface area contributed by atoms with Crippen LogP contribution in [0.15, 0.2) is 42.5 Å². The van der Waals surface area contributed by atoms with Gasteiger partial charge in [0, 0.05) is 26.1 Å². The number of rotatable bonds is 7. The van der Waals surface area contributed by atoms with Gasteiger partial charge in [-0.3, -0.25) is 4.48 Å². The SMILES string of the molecule is CCCC[C@H]1CNCC[N+]1(CC(N)CN)C(=O)c1cccc2ccccc12. The molecule has 1 heterocycles. The number of carbonyl (C=O) groups excluding carboxylic acids is 1. The summed E-state index contributed by atoms with van der Waals surface area (Å²) in [4.78, 5) is 14.0. The number of benzene rings is 2. The largest absolute Gasteiger partial charge is 0.346 e. The zero-order valence-electron chi connectivity index (χ0n) is 16.4. The summed E-state index contributed by atoms with van der Waals surface area (Å²) in [6.45, 7) is 5.66. The van der Waals surface area contributed by atoms with Crippen LogP contribution < -0.4 is 16.8 Å². The maximum Gasteiger partial charge on any atom is 0.346 e. The summed E-state index contributed by atoms with van der Waals surface area (Å²) in [6.07, 6.45) is 3.27. The minimum absolute atomic E-state index is 0.175. The number of hydrogen-bond donors (Lipinski definition) is 3. The summed E-state index contributed by atoms with van der Waals surface area (Å²) in [5, 5.41) is 5.62. The second kappa shape index (κ2) is 8.93. The van der Waals surface area contributed by atoms with Gasteiger partial charge in [-0.2, -0.15) is 0 Å². The molecule has 0 spiro atoms. The van der Waals surface area contributed by atoms with Crippen LogP contribution in [0.4, 0.5) is 0 Å². The van der Waals surface area contributed by atoms with Gasteiger partial charge in [0.1, 0.15) is 12.6 Å². The van der Waals surface area contributed by atoms with E-state index in [9.17, 15) is 4.79 Å². The predicted octanol–water partition coefficient (Wildman–Crippen LogP) is 2.24. The molecule has 2 aromatic carbocycles. The second-order valence-electron chi connectivity index (χ2n) is 7.77. The monoisotopic (exact) mass is 369 g/mol. The van der Waals surface area contributed by atoms with Crippen LogP contribution >= 0.6 is 0 Å². The third-order valence-electron chi connectivity index (χ3n) is 5.94. The number of piperazine rings is 1. The van der Waals surface area contributed by atoms with Crippen molar-refractivity contribution >= 4 is 16.7 Å². The molecule has 5 N–H and O–H groups in total. The fraction of sp³-hybridized carbons (Fsp3) is 0.500. The molecule has 5 heteroatoms. The molecule has 146 valence electrons. The van der Waals surface area contributed by atoms with E-state index >= 15 is 0 Å². The van der Waals surface area contributed by atoms with Crippen LogP contribution in [-0.2, 0) is 0 Å². The van der Waals surface area contributed by atoms with Crippen molar-refractivity contribution in [2.45, 2.75) is 38.3 Å². The highest BCUT2D eigenvalue weighted by Gasteiger charge is 2.47. The Morgan fingerprint density at radius 1 is 1.26 bits per heavy atom. The minimum atomic E-state index is -0.175. The lowest BCUT2D eigenvalue weighted by Gasteiger charge is -2.47. The highest BCUT2D eigenvalue weighted by atomic mass is 16.2. The molecule has 27 heavy (non-hydrogen) atoms. The van der Waals surface area contributed by atoms with Crippen molar-refractivity contribution in [2.75, 3.05) is 32.7 Å². The number of hydrogen-bond acceptors (Lipinski definition) is 4. The number of nitrogens with two attached hydrogens (primary N) is 2. The molecule has 0 aliphatic carbocycles. The Labute approximate surface area is 162 Å². The molecule has 0 radical (unpaired) electrons. The van der Waals surface area contributed by atoms with Crippen LogP contribution in [0.3, 0.4) is 0 Å². The van der Waals surface area contributed by atoms with Crippen molar-refractivity contribution < 1.29 is 9.28 Å². The van der Waals surface area contributed by atoms with Crippen LogP contribution in [0.25, 0.3) is 10.8 Å². The van der Waals surface area contributed by atoms with Crippen LogP contribution in [0.1, 0.15) is 36.5 Å². The van der Waals surface area contributed by atoms with Gasteiger partial charge in [0.15, 0.2) is 0 Å². The Kier molecular flexibility index (Phi) is 6.60. The van der Waals surface area contributed by atoms with Crippen LogP contribution in [0.5, 0.6) is 0 Å². The van der Waals surface area contributed by atoms with Crippen molar-refractivity contribution in [3.05, 3.63) is 48.0 Å². The molecule has 2 unspecified atom stereocenters.